The van der Waals surface area contributed by atoms with E-state index in [1.54, 1.807) is 5.57 Å². The Morgan fingerprint density at radius 3 is 2.65 bits per heavy atom. The molecule has 1 aliphatic carbocycles. The standard InChI is InChI=1S/C16H23N/c1-17-16(15-10-6-3-7-11-15)13-12-14-8-4-2-5-9-14/h2,4-5,8-10,16-17H,3,6-7,11-13H2,1H3. The number of aryl methyl sites for hydroxylation is 1. The van der Waals surface area contributed by atoms with Crippen LogP contribution < -0.4 is 5.32 Å². The summed E-state index contributed by atoms with van der Waals surface area (Å²) >= 11 is 0. The van der Waals surface area contributed by atoms with Crippen molar-refractivity contribution in [3.05, 3.63) is 47.5 Å². The zero-order valence-electron chi connectivity index (χ0n) is 10.8. The second-order valence-corrected chi connectivity index (χ2v) is 4.89. The maximum Gasteiger partial charge on any atom is 0.0279 e. The molecule has 0 bridgehead atoms. The molecule has 1 heteroatoms. The van der Waals surface area contributed by atoms with Gasteiger partial charge in [-0.25, -0.2) is 0 Å². The van der Waals surface area contributed by atoms with Crippen LogP contribution in [0.2, 0.25) is 0 Å². The fraction of sp³-hybridized carbons (Fsp3) is 0.500. The van der Waals surface area contributed by atoms with Crippen molar-refractivity contribution in [3.63, 3.8) is 0 Å². The quantitative estimate of drug-likeness (QED) is 0.759. The molecule has 0 fully saturated rings. The number of nitrogens with one attached hydrogen (secondary N) is 1. The van der Waals surface area contributed by atoms with Gasteiger partial charge in [-0.15, -0.1) is 0 Å². The van der Waals surface area contributed by atoms with E-state index < -0.39 is 0 Å². The molecule has 0 radical (unpaired) electrons. The van der Waals surface area contributed by atoms with Crippen molar-refractivity contribution < 1.29 is 0 Å². The Kier molecular flexibility index (Phi) is 4.81. The molecule has 1 aromatic carbocycles. The van der Waals surface area contributed by atoms with Crippen molar-refractivity contribution in [2.24, 2.45) is 0 Å². The summed E-state index contributed by atoms with van der Waals surface area (Å²) in [6.07, 6.45) is 10.2. The van der Waals surface area contributed by atoms with Gasteiger partial charge in [-0.05, 0) is 51.1 Å². The molecule has 1 unspecified atom stereocenters. The van der Waals surface area contributed by atoms with Gasteiger partial charge in [-0.3, -0.25) is 0 Å². The van der Waals surface area contributed by atoms with Crippen LogP contribution in [-0.4, -0.2) is 13.1 Å². The molecular formula is C16H23N. The van der Waals surface area contributed by atoms with E-state index in [1.807, 2.05) is 0 Å². The Morgan fingerprint density at radius 2 is 2.00 bits per heavy atom. The maximum atomic E-state index is 3.47. The molecule has 92 valence electrons. The van der Waals surface area contributed by atoms with Gasteiger partial charge in [0.2, 0.25) is 0 Å². The van der Waals surface area contributed by atoms with Crippen LogP contribution in [-0.2, 0) is 6.42 Å². The number of hydrogen-bond donors (Lipinski definition) is 1. The summed E-state index contributed by atoms with van der Waals surface area (Å²) in [5, 5.41) is 3.47. The average molecular weight is 229 g/mol. The van der Waals surface area contributed by atoms with E-state index in [4.69, 9.17) is 0 Å². The summed E-state index contributed by atoms with van der Waals surface area (Å²) in [6, 6.07) is 11.4. The molecule has 0 saturated heterocycles. The highest BCUT2D eigenvalue weighted by molar-refractivity contribution is 5.17. The van der Waals surface area contributed by atoms with Crippen LogP contribution in [0.3, 0.4) is 0 Å². The van der Waals surface area contributed by atoms with Crippen LogP contribution >= 0.6 is 0 Å². The van der Waals surface area contributed by atoms with Gasteiger partial charge >= 0.3 is 0 Å². The van der Waals surface area contributed by atoms with E-state index in [-0.39, 0.29) is 0 Å². The Hall–Kier alpha value is -1.08. The Bertz CT molecular complexity index is 353. The van der Waals surface area contributed by atoms with Crippen LogP contribution in [0.5, 0.6) is 0 Å². The predicted molar refractivity (Wildman–Crippen MR) is 74.2 cm³/mol. The van der Waals surface area contributed by atoms with Crippen LogP contribution in [0.25, 0.3) is 0 Å². The van der Waals surface area contributed by atoms with Gasteiger partial charge in [0.15, 0.2) is 0 Å². The lowest BCUT2D eigenvalue weighted by Crippen LogP contribution is -2.28. The van der Waals surface area contributed by atoms with Gasteiger partial charge in [0.05, 0.1) is 0 Å². The van der Waals surface area contributed by atoms with E-state index in [9.17, 15) is 0 Å². The number of allylic oxidation sites excluding steroid dienone is 1. The predicted octanol–water partition coefficient (Wildman–Crippen LogP) is 3.71. The van der Waals surface area contributed by atoms with Crippen LogP contribution in [0.4, 0.5) is 0 Å². The van der Waals surface area contributed by atoms with Crippen molar-refractivity contribution in [3.8, 4) is 0 Å². The van der Waals surface area contributed by atoms with Crippen molar-refractivity contribution in [2.45, 2.75) is 44.6 Å². The molecule has 0 saturated carbocycles. The van der Waals surface area contributed by atoms with Crippen molar-refractivity contribution >= 4 is 0 Å². The summed E-state index contributed by atoms with van der Waals surface area (Å²) in [5.41, 5.74) is 3.08. The minimum absolute atomic E-state index is 0.579. The molecule has 1 atom stereocenters. The second kappa shape index (κ2) is 6.61. The third-order valence-corrected chi connectivity index (χ3v) is 3.69. The zero-order chi connectivity index (χ0) is 11.9. The van der Waals surface area contributed by atoms with E-state index >= 15 is 0 Å². The lowest BCUT2D eigenvalue weighted by Gasteiger charge is -2.23. The van der Waals surface area contributed by atoms with Crippen LogP contribution in [0.15, 0.2) is 42.0 Å². The number of likely N-dealkylation sites (N-methyl/N-ethyl adjacent to an activating group) is 1. The summed E-state index contributed by atoms with van der Waals surface area (Å²) in [6.45, 7) is 0. The summed E-state index contributed by atoms with van der Waals surface area (Å²) in [7, 11) is 2.09. The lowest BCUT2D eigenvalue weighted by molar-refractivity contribution is 0.540. The van der Waals surface area contributed by atoms with Gasteiger partial charge in [0.1, 0.15) is 0 Å². The molecule has 0 amide bonds. The summed E-state index contributed by atoms with van der Waals surface area (Å²) in [5.74, 6) is 0. The van der Waals surface area contributed by atoms with Gasteiger partial charge < -0.3 is 5.32 Å². The Morgan fingerprint density at radius 1 is 1.18 bits per heavy atom. The Balaban J connectivity index is 1.89. The van der Waals surface area contributed by atoms with E-state index in [0.29, 0.717) is 6.04 Å². The highest BCUT2D eigenvalue weighted by Crippen LogP contribution is 2.22. The van der Waals surface area contributed by atoms with Crippen molar-refractivity contribution in [2.75, 3.05) is 7.05 Å². The fourth-order valence-corrected chi connectivity index (χ4v) is 2.65. The first-order valence-electron chi connectivity index (χ1n) is 6.80. The minimum atomic E-state index is 0.579. The second-order valence-electron chi connectivity index (χ2n) is 4.89. The molecule has 17 heavy (non-hydrogen) atoms. The molecular weight excluding hydrogens is 206 g/mol. The molecule has 0 aliphatic heterocycles. The zero-order valence-corrected chi connectivity index (χ0v) is 10.8. The largest absolute Gasteiger partial charge is 0.313 e. The Labute approximate surface area is 105 Å². The molecule has 2 rings (SSSR count). The first-order valence-corrected chi connectivity index (χ1v) is 6.80. The number of hydrogen-bond acceptors (Lipinski definition) is 1. The monoisotopic (exact) mass is 229 g/mol. The molecule has 1 aromatic rings. The maximum absolute atomic E-state index is 3.47. The first-order chi connectivity index (χ1) is 8.40. The topological polar surface area (TPSA) is 12.0 Å². The van der Waals surface area contributed by atoms with Crippen LogP contribution in [0.1, 0.15) is 37.7 Å². The third kappa shape index (κ3) is 3.71. The molecule has 0 heterocycles. The average Bonchev–Trinajstić information content (AvgIpc) is 2.42. The summed E-state index contributed by atoms with van der Waals surface area (Å²) < 4.78 is 0. The molecule has 0 spiro atoms. The van der Waals surface area contributed by atoms with Crippen LogP contribution in [0, 0.1) is 0 Å². The van der Waals surface area contributed by atoms with E-state index in [0.717, 1.165) is 0 Å². The minimum Gasteiger partial charge on any atom is -0.313 e. The SMILES string of the molecule is CNC(CCc1ccccc1)C1=CCCCC1. The number of rotatable bonds is 5. The van der Waals surface area contributed by atoms with Gasteiger partial charge in [0.25, 0.3) is 0 Å². The van der Waals surface area contributed by atoms with Crippen molar-refractivity contribution in [1.29, 1.82) is 0 Å². The molecule has 1 nitrogen and oxygen atoms in total. The number of benzene rings is 1. The molecule has 0 aromatic heterocycles. The van der Waals surface area contributed by atoms with Crippen molar-refractivity contribution in [1.82, 2.24) is 5.32 Å². The highest BCUT2D eigenvalue weighted by Gasteiger charge is 2.14. The lowest BCUT2D eigenvalue weighted by atomic mass is 9.90. The fourth-order valence-electron chi connectivity index (χ4n) is 2.65. The highest BCUT2D eigenvalue weighted by atomic mass is 14.9. The van der Waals surface area contributed by atoms with Gasteiger partial charge in [0, 0.05) is 6.04 Å². The molecule has 1 N–H and O–H groups in total. The van der Waals surface area contributed by atoms with E-state index in [2.05, 4.69) is 48.8 Å². The molecule has 1 aliphatic rings. The first kappa shape index (κ1) is 12.4. The van der Waals surface area contributed by atoms with Gasteiger partial charge in [-0.2, -0.15) is 0 Å². The van der Waals surface area contributed by atoms with Gasteiger partial charge in [-0.1, -0.05) is 42.0 Å². The summed E-state index contributed by atoms with van der Waals surface area (Å²) in [4.78, 5) is 0. The van der Waals surface area contributed by atoms with E-state index in [1.165, 1.54) is 44.1 Å². The smallest absolute Gasteiger partial charge is 0.0279 e. The normalized spacial score (nSPS) is 17.6. The third-order valence-electron chi connectivity index (χ3n) is 3.69.